The zero-order chi connectivity index (χ0) is 29.5. The zero-order valence-corrected chi connectivity index (χ0v) is 23.6. The molecule has 42 heavy (non-hydrogen) atoms. The minimum Gasteiger partial charge on any atom is -0.497 e. The Hall–Kier alpha value is -4.70. The van der Waals surface area contributed by atoms with E-state index >= 15 is 0 Å². The normalized spacial score (nSPS) is 14.0. The van der Waals surface area contributed by atoms with Crippen molar-refractivity contribution < 1.29 is 14.3 Å². The number of hydrogen-bond acceptors (Lipinski definition) is 6. The molecule has 2 N–H and O–H groups in total. The van der Waals surface area contributed by atoms with Crippen LogP contribution in [-0.4, -0.2) is 52.1 Å². The maximum absolute atomic E-state index is 13.5. The van der Waals surface area contributed by atoms with Crippen LogP contribution in [0.3, 0.4) is 0 Å². The molecule has 0 bridgehead atoms. The Bertz CT molecular complexity index is 1670. The van der Waals surface area contributed by atoms with Gasteiger partial charge < -0.3 is 15.4 Å². The van der Waals surface area contributed by atoms with Crippen molar-refractivity contribution in [2.24, 2.45) is 0 Å². The summed E-state index contributed by atoms with van der Waals surface area (Å²) in [5, 5.41) is 6.14. The molecule has 1 fully saturated rings. The summed E-state index contributed by atoms with van der Waals surface area (Å²) < 4.78 is 7.52. The number of likely N-dealkylation sites (tertiary alicyclic amines) is 1. The minimum atomic E-state index is -0.637. The Labute approximate surface area is 243 Å². The van der Waals surface area contributed by atoms with E-state index in [0.29, 0.717) is 22.3 Å². The quantitative estimate of drug-likeness (QED) is 0.304. The zero-order valence-electron chi connectivity index (χ0n) is 23.6. The van der Waals surface area contributed by atoms with Crippen LogP contribution in [0.25, 0.3) is 10.9 Å². The number of carbonyl (C=O) groups excluding carboxylic acids is 2. The predicted octanol–water partition coefficient (Wildman–Crippen LogP) is 2.98. The molecule has 1 saturated heterocycles. The number of aromatic nitrogens is 2. The molecule has 1 aliphatic rings. The second kappa shape index (κ2) is 13.3. The molecule has 10 nitrogen and oxygen atoms in total. The second-order valence-corrected chi connectivity index (χ2v) is 10.5. The SMILES string of the molecule is COc1cccc(NC(=O)Cn2c(=O)n(CCC(=O)NC3CCN(Cc4ccccc4)CC3)c(=O)c3ccccc32)c1. The fraction of sp³-hybridized carbons (Fsp3) is 0.312. The van der Waals surface area contributed by atoms with Gasteiger partial charge in [0.2, 0.25) is 11.8 Å². The molecule has 218 valence electrons. The number of nitrogens with one attached hydrogen (secondary N) is 2. The summed E-state index contributed by atoms with van der Waals surface area (Å²) in [6, 6.07) is 23.9. The van der Waals surface area contributed by atoms with Gasteiger partial charge in [-0.05, 0) is 42.7 Å². The summed E-state index contributed by atoms with van der Waals surface area (Å²) in [6.07, 6.45) is 1.65. The van der Waals surface area contributed by atoms with E-state index in [2.05, 4.69) is 27.7 Å². The monoisotopic (exact) mass is 569 g/mol. The van der Waals surface area contributed by atoms with Gasteiger partial charge in [0.15, 0.2) is 0 Å². The summed E-state index contributed by atoms with van der Waals surface area (Å²) in [4.78, 5) is 54.8. The fourth-order valence-corrected chi connectivity index (χ4v) is 5.36. The molecular weight excluding hydrogens is 534 g/mol. The van der Waals surface area contributed by atoms with Gasteiger partial charge in [-0.2, -0.15) is 0 Å². The smallest absolute Gasteiger partial charge is 0.331 e. The van der Waals surface area contributed by atoms with Crippen LogP contribution in [-0.2, 0) is 29.2 Å². The van der Waals surface area contributed by atoms with Crippen molar-refractivity contribution >= 4 is 28.4 Å². The van der Waals surface area contributed by atoms with Crippen molar-refractivity contribution in [3.8, 4) is 5.75 Å². The van der Waals surface area contributed by atoms with Crippen LogP contribution >= 0.6 is 0 Å². The van der Waals surface area contributed by atoms with Gasteiger partial charge in [-0.1, -0.05) is 48.5 Å². The number of fused-ring (bicyclic) bond motifs is 1. The minimum absolute atomic E-state index is 0.0201. The molecule has 0 radical (unpaired) electrons. The molecule has 0 saturated carbocycles. The van der Waals surface area contributed by atoms with E-state index in [4.69, 9.17) is 4.74 Å². The van der Waals surface area contributed by atoms with E-state index in [1.807, 2.05) is 18.2 Å². The number of ether oxygens (including phenoxy) is 1. The molecule has 0 unspecified atom stereocenters. The van der Waals surface area contributed by atoms with Crippen LogP contribution in [0.5, 0.6) is 5.75 Å². The Kier molecular flexibility index (Phi) is 9.13. The molecule has 4 aromatic rings. The number of para-hydroxylation sites is 1. The van der Waals surface area contributed by atoms with Gasteiger partial charge in [-0.15, -0.1) is 0 Å². The third kappa shape index (κ3) is 6.95. The largest absolute Gasteiger partial charge is 0.497 e. The predicted molar refractivity (Wildman–Crippen MR) is 162 cm³/mol. The third-order valence-corrected chi connectivity index (χ3v) is 7.55. The molecule has 1 aromatic heterocycles. The van der Waals surface area contributed by atoms with Gasteiger partial charge in [0.1, 0.15) is 12.3 Å². The van der Waals surface area contributed by atoms with Crippen molar-refractivity contribution in [3.63, 3.8) is 0 Å². The Morgan fingerprint density at radius 3 is 2.38 bits per heavy atom. The van der Waals surface area contributed by atoms with Gasteiger partial charge >= 0.3 is 5.69 Å². The molecular formula is C32H35N5O5. The molecule has 0 spiro atoms. The molecule has 2 amide bonds. The number of anilines is 1. The van der Waals surface area contributed by atoms with Crippen LogP contribution in [0.4, 0.5) is 5.69 Å². The molecule has 0 atom stereocenters. The van der Waals surface area contributed by atoms with Gasteiger partial charge in [0, 0.05) is 50.4 Å². The topological polar surface area (TPSA) is 115 Å². The standard InChI is InChI=1S/C32H35N5O5/c1-42-26-11-7-10-25(20-26)34-30(39)22-37-28-13-6-5-12-27(28)31(40)36(32(37)41)19-16-29(38)33-24-14-17-35(18-15-24)21-23-8-3-2-4-9-23/h2-13,20,24H,14-19,21-22H2,1H3,(H,33,38)(H,34,39). The maximum atomic E-state index is 13.5. The first kappa shape index (κ1) is 28.8. The molecule has 10 heteroatoms. The van der Waals surface area contributed by atoms with E-state index < -0.39 is 17.2 Å². The van der Waals surface area contributed by atoms with E-state index in [-0.39, 0.29) is 31.5 Å². The van der Waals surface area contributed by atoms with Gasteiger partial charge in [0.05, 0.1) is 18.0 Å². The van der Waals surface area contributed by atoms with E-state index in [9.17, 15) is 19.2 Å². The highest BCUT2D eigenvalue weighted by Gasteiger charge is 2.21. The van der Waals surface area contributed by atoms with Crippen molar-refractivity contribution in [2.75, 3.05) is 25.5 Å². The Morgan fingerprint density at radius 1 is 0.881 bits per heavy atom. The molecule has 1 aliphatic heterocycles. The van der Waals surface area contributed by atoms with E-state index in [1.54, 1.807) is 48.5 Å². The Morgan fingerprint density at radius 2 is 1.62 bits per heavy atom. The van der Waals surface area contributed by atoms with Crippen molar-refractivity contribution in [1.82, 2.24) is 19.4 Å². The lowest BCUT2D eigenvalue weighted by molar-refractivity contribution is -0.122. The molecule has 3 aromatic carbocycles. The highest BCUT2D eigenvalue weighted by atomic mass is 16.5. The fourth-order valence-electron chi connectivity index (χ4n) is 5.36. The number of methoxy groups -OCH3 is 1. The van der Waals surface area contributed by atoms with Crippen LogP contribution in [0.15, 0.2) is 88.5 Å². The summed E-state index contributed by atoms with van der Waals surface area (Å²) >= 11 is 0. The number of piperidine rings is 1. The van der Waals surface area contributed by atoms with Crippen LogP contribution in [0.2, 0.25) is 0 Å². The summed E-state index contributed by atoms with van der Waals surface area (Å²) in [5.41, 5.74) is 1.02. The van der Waals surface area contributed by atoms with Crippen molar-refractivity contribution in [2.45, 2.75) is 44.9 Å². The summed E-state index contributed by atoms with van der Waals surface area (Å²) in [5.74, 6) is -0.0599. The van der Waals surface area contributed by atoms with Gasteiger partial charge in [0.25, 0.3) is 5.56 Å². The highest BCUT2D eigenvalue weighted by Crippen LogP contribution is 2.17. The maximum Gasteiger partial charge on any atom is 0.331 e. The summed E-state index contributed by atoms with van der Waals surface area (Å²) in [7, 11) is 1.53. The molecule has 2 heterocycles. The number of carbonyl (C=O) groups is 2. The Balaban J connectivity index is 1.23. The highest BCUT2D eigenvalue weighted by molar-refractivity contribution is 5.91. The lowest BCUT2D eigenvalue weighted by Gasteiger charge is -2.32. The molecule has 5 rings (SSSR count). The number of hydrogen-bond donors (Lipinski definition) is 2. The van der Waals surface area contributed by atoms with Crippen molar-refractivity contribution in [1.29, 1.82) is 0 Å². The number of nitrogens with zero attached hydrogens (tertiary/aromatic N) is 3. The first-order valence-corrected chi connectivity index (χ1v) is 14.1. The summed E-state index contributed by atoms with van der Waals surface area (Å²) in [6.45, 7) is 2.26. The second-order valence-electron chi connectivity index (χ2n) is 10.5. The average Bonchev–Trinajstić information content (AvgIpc) is 3.01. The van der Waals surface area contributed by atoms with E-state index in [1.165, 1.54) is 17.2 Å². The lowest BCUT2D eigenvalue weighted by Crippen LogP contribution is -2.45. The first-order valence-electron chi connectivity index (χ1n) is 14.1. The third-order valence-electron chi connectivity index (χ3n) is 7.55. The first-order chi connectivity index (χ1) is 20.4. The van der Waals surface area contributed by atoms with E-state index in [0.717, 1.165) is 37.0 Å². The number of benzene rings is 3. The van der Waals surface area contributed by atoms with Crippen LogP contribution in [0.1, 0.15) is 24.8 Å². The lowest BCUT2D eigenvalue weighted by atomic mass is 10.0. The van der Waals surface area contributed by atoms with Crippen molar-refractivity contribution in [3.05, 3.63) is 105 Å². The van der Waals surface area contributed by atoms with Crippen LogP contribution in [0, 0.1) is 0 Å². The van der Waals surface area contributed by atoms with Crippen LogP contribution < -0.4 is 26.6 Å². The number of amides is 2. The number of rotatable bonds is 10. The van der Waals surface area contributed by atoms with Gasteiger partial charge in [-0.3, -0.25) is 28.4 Å². The van der Waals surface area contributed by atoms with Gasteiger partial charge in [-0.25, -0.2) is 4.79 Å². The average molecular weight is 570 g/mol. The molecule has 0 aliphatic carbocycles.